The van der Waals surface area contributed by atoms with Gasteiger partial charge < -0.3 is 19.7 Å². The topological polar surface area (TPSA) is 105 Å². The number of anilines is 1. The molecule has 37 heavy (non-hydrogen) atoms. The highest BCUT2D eigenvalue weighted by molar-refractivity contribution is 7.92. The van der Waals surface area contributed by atoms with Gasteiger partial charge in [0.25, 0.3) is 0 Å². The van der Waals surface area contributed by atoms with Crippen molar-refractivity contribution in [2.75, 3.05) is 30.4 Å². The molecule has 0 spiro atoms. The molecule has 0 fully saturated rings. The van der Waals surface area contributed by atoms with Gasteiger partial charge >= 0.3 is 0 Å². The summed E-state index contributed by atoms with van der Waals surface area (Å²) in [6.07, 6.45) is 3.23. The number of rotatable bonds is 13. The SMILES string of the molecule is CCCCNC(=O)[C@H](C)N(Cc1cccc(Cl)c1)C(=O)CCCN(c1ccc2c(c1)OCO2)S(C)(=O)=O. The maximum atomic E-state index is 13.3. The van der Waals surface area contributed by atoms with Crippen molar-refractivity contribution in [3.8, 4) is 11.5 Å². The molecule has 0 saturated heterocycles. The van der Waals surface area contributed by atoms with E-state index in [0.29, 0.717) is 28.8 Å². The van der Waals surface area contributed by atoms with Crippen molar-refractivity contribution >= 4 is 39.1 Å². The summed E-state index contributed by atoms with van der Waals surface area (Å²) in [6, 6.07) is 11.3. The fraction of sp³-hybridized carbons (Fsp3) is 0.462. The number of hydrogen-bond acceptors (Lipinski definition) is 6. The highest BCUT2D eigenvalue weighted by Crippen LogP contribution is 2.36. The molecule has 0 bridgehead atoms. The third kappa shape index (κ3) is 8.00. The summed E-state index contributed by atoms with van der Waals surface area (Å²) in [7, 11) is -3.62. The van der Waals surface area contributed by atoms with Gasteiger partial charge in [-0.2, -0.15) is 0 Å². The van der Waals surface area contributed by atoms with Crippen LogP contribution in [-0.4, -0.2) is 57.3 Å². The molecule has 11 heteroatoms. The zero-order valence-electron chi connectivity index (χ0n) is 21.4. The summed E-state index contributed by atoms with van der Waals surface area (Å²) in [5, 5.41) is 3.42. The number of halogens is 1. The van der Waals surface area contributed by atoms with Crippen molar-refractivity contribution in [3.63, 3.8) is 0 Å². The molecule has 3 rings (SSSR count). The van der Waals surface area contributed by atoms with Crippen LogP contribution in [0, 0.1) is 0 Å². The predicted molar refractivity (Wildman–Crippen MR) is 143 cm³/mol. The number of nitrogens with zero attached hydrogens (tertiary/aromatic N) is 2. The molecule has 1 aliphatic heterocycles. The van der Waals surface area contributed by atoms with Gasteiger partial charge in [-0.15, -0.1) is 0 Å². The maximum absolute atomic E-state index is 13.3. The van der Waals surface area contributed by atoms with Gasteiger partial charge in [0.2, 0.25) is 28.6 Å². The van der Waals surface area contributed by atoms with Crippen LogP contribution in [0.3, 0.4) is 0 Å². The van der Waals surface area contributed by atoms with E-state index in [1.807, 2.05) is 13.0 Å². The third-order valence-electron chi connectivity index (χ3n) is 6.04. The molecule has 1 aliphatic rings. The van der Waals surface area contributed by atoms with Crippen LogP contribution in [0.15, 0.2) is 42.5 Å². The summed E-state index contributed by atoms with van der Waals surface area (Å²) >= 11 is 6.13. The van der Waals surface area contributed by atoms with E-state index in [2.05, 4.69) is 5.32 Å². The Morgan fingerprint density at radius 2 is 1.86 bits per heavy atom. The van der Waals surface area contributed by atoms with Gasteiger partial charge in [0.1, 0.15) is 6.04 Å². The molecule has 2 aromatic carbocycles. The van der Waals surface area contributed by atoms with E-state index < -0.39 is 16.1 Å². The minimum absolute atomic E-state index is 0.0592. The van der Waals surface area contributed by atoms with Crippen LogP contribution >= 0.6 is 11.6 Å². The van der Waals surface area contributed by atoms with Crippen molar-refractivity contribution in [2.45, 2.75) is 52.1 Å². The summed E-state index contributed by atoms with van der Waals surface area (Å²) in [5.41, 5.74) is 1.23. The fourth-order valence-electron chi connectivity index (χ4n) is 3.99. The van der Waals surface area contributed by atoms with Gasteiger partial charge in [-0.25, -0.2) is 8.42 Å². The van der Waals surface area contributed by atoms with Crippen molar-refractivity contribution in [3.05, 3.63) is 53.1 Å². The lowest BCUT2D eigenvalue weighted by atomic mass is 10.1. The van der Waals surface area contributed by atoms with Crippen LogP contribution in [0.2, 0.25) is 5.02 Å². The molecule has 0 saturated carbocycles. The van der Waals surface area contributed by atoms with E-state index in [0.717, 1.165) is 24.7 Å². The van der Waals surface area contributed by atoms with Gasteiger partial charge in [0.05, 0.1) is 11.9 Å². The second-order valence-corrected chi connectivity index (χ2v) is 11.3. The number of ether oxygens (including phenoxy) is 2. The van der Waals surface area contributed by atoms with Gasteiger partial charge in [0, 0.05) is 37.1 Å². The minimum atomic E-state index is -3.62. The third-order valence-corrected chi connectivity index (χ3v) is 7.46. The van der Waals surface area contributed by atoms with Crippen LogP contribution in [0.4, 0.5) is 5.69 Å². The van der Waals surface area contributed by atoms with Crippen molar-refractivity contribution in [2.24, 2.45) is 0 Å². The number of amides is 2. The first-order valence-corrected chi connectivity index (χ1v) is 14.5. The fourth-order valence-corrected chi connectivity index (χ4v) is 5.17. The van der Waals surface area contributed by atoms with Crippen molar-refractivity contribution in [1.29, 1.82) is 0 Å². The van der Waals surface area contributed by atoms with Crippen LogP contribution in [-0.2, 0) is 26.2 Å². The highest BCUT2D eigenvalue weighted by atomic mass is 35.5. The maximum Gasteiger partial charge on any atom is 0.242 e. The Balaban J connectivity index is 1.71. The van der Waals surface area contributed by atoms with Crippen LogP contribution in [0.5, 0.6) is 11.5 Å². The first kappa shape index (κ1) is 28.6. The molecule has 202 valence electrons. The van der Waals surface area contributed by atoms with Gasteiger partial charge in [0.15, 0.2) is 11.5 Å². The molecular formula is C26H34ClN3O6S. The molecule has 0 aliphatic carbocycles. The number of hydrogen-bond donors (Lipinski definition) is 1. The standard InChI is InChI=1S/C26H34ClN3O6S/c1-4-5-13-28-26(32)19(2)29(17-20-8-6-9-21(27)15-20)25(31)10-7-14-30(37(3,33)34)22-11-12-23-24(16-22)36-18-35-23/h6,8-9,11-12,15-16,19H,4-5,7,10,13-14,17-18H2,1-3H3,(H,28,32)/t19-/m0/s1. The number of carbonyl (C=O) groups excluding carboxylic acids is 2. The van der Waals surface area contributed by atoms with Gasteiger partial charge in [-0.3, -0.25) is 13.9 Å². The van der Waals surface area contributed by atoms with E-state index in [1.165, 1.54) is 9.21 Å². The van der Waals surface area contributed by atoms with E-state index in [1.54, 1.807) is 43.3 Å². The number of nitrogens with one attached hydrogen (secondary N) is 1. The first-order valence-electron chi connectivity index (χ1n) is 12.3. The molecule has 1 atom stereocenters. The Morgan fingerprint density at radius 3 is 2.57 bits per heavy atom. The molecule has 1 heterocycles. The Bertz CT molecular complexity index is 1210. The monoisotopic (exact) mass is 551 g/mol. The summed E-state index contributed by atoms with van der Waals surface area (Å²) in [5.74, 6) is 0.535. The lowest BCUT2D eigenvalue weighted by molar-refractivity contribution is -0.140. The predicted octanol–water partition coefficient (Wildman–Crippen LogP) is 3.95. The minimum Gasteiger partial charge on any atom is -0.454 e. The number of benzene rings is 2. The van der Waals surface area contributed by atoms with Crippen molar-refractivity contribution < 1.29 is 27.5 Å². The molecule has 2 aromatic rings. The second kappa shape index (κ2) is 13.0. The van der Waals surface area contributed by atoms with Gasteiger partial charge in [-0.1, -0.05) is 37.1 Å². The van der Waals surface area contributed by atoms with E-state index in [9.17, 15) is 18.0 Å². The van der Waals surface area contributed by atoms with E-state index in [4.69, 9.17) is 21.1 Å². The Labute approximate surface area is 223 Å². The average Bonchev–Trinajstić information content (AvgIpc) is 3.32. The Hall–Kier alpha value is -2.98. The molecule has 0 unspecified atom stereocenters. The highest BCUT2D eigenvalue weighted by Gasteiger charge is 2.27. The number of carbonyl (C=O) groups is 2. The quantitative estimate of drug-likeness (QED) is 0.378. The summed E-state index contributed by atoms with van der Waals surface area (Å²) in [4.78, 5) is 27.6. The van der Waals surface area contributed by atoms with E-state index in [-0.39, 0.29) is 44.5 Å². The average molecular weight is 552 g/mol. The van der Waals surface area contributed by atoms with Crippen molar-refractivity contribution in [1.82, 2.24) is 10.2 Å². The Kier molecular flexibility index (Phi) is 10.0. The molecule has 2 amide bonds. The van der Waals surface area contributed by atoms with Crippen LogP contribution in [0.1, 0.15) is 45.1 Å². The molecule has 9 nitrogen and oxygen atoms in total. The molecule has 1 N–H and O–H groups in total. The lowest BCUT2D eigenvalue weighted by Gasteiger charge is -2.29. The second-order valence-electron chi connectivity index (χ2n) is 8.95. The Morgan fingerprint density at radius 1 is 1.11 bits per heavy atom. The first-order chi connectivity index (χ1) is 17.6. The molecule has 0 radical (unpaired) electrons. The zero-order valence-corrected chi connectivity index (χ0v) is 23.0. The normalized spacial score (nSPS) is 13.2. The molecular weight excluding hydrogens is 518 g/mol. The zero-order chi connectivity index (χ0) is 27.0. The summed E-state index contributed by atoms with van der Waals surface area (Å²) in [6.45, 7) is 4.65. The number of sulfonamides is 1. The summed E-state index contributed by atoms with van der Waals surface area (Å²) < 4.78 is 37.0. The van der Waals surface area contributed by atoms with Gasteiger partial charge in [-0.05, 0) is 49.6 Å². The number of fused-ring (bicyclic) bond motifs is 1. The molecule has 0 aromatic heterocycles. The van der Waals surface area contributed by atoms with Crippen LogP contribution < -0.4 is 19.1 Å². The smallest absolute Gasteiger partial charge is 0.242 e. The number of unbranched alkanes of at least 4 members (excludes halogenated alkanes) is 1. The van der Waals surface area contributed by atoms with Crippen LogP contribution in [0.25, 0.3) is 0 Å². The lowest BCUT2D eigenvalue weighted by Crippen LogP contribution is -2.48. The van der Waals surface area contributed by atoms with E-state index >= 15 is 0 Å². The largest absolute Gasteiger partial charge is 0.454 e.